The van der Waals surface area contributed by atoms with Crippen molar-refractivity contribution in [3.63, 3.8) is 0 Å². The van der Waals surface area contributed by atoms with Crippen molar-refractivity contribution in [3.05, 3.63) is 50.9 Å². The van der Waals surface area contributed by atoms with Gasteiger partial charge in [0.1, 0.15) is 10.8 Å². The number of rotatable bonds is 2. The van der Waals surface area contributed by atoms with E-state index in [9.17, 15) is 4.79 Å². The van der Waals surface area contributed by atoms with Crippen LogP contribution in [0.1, 0.15) is 10.5 Å². The minimum Gasteiger partial charge on any atom is -0.319 e. The summed E-state index contributed by atoms with van der Waals surface area (Å²) in [5, 5.41) is 3.21. The second kappa shape index (κ2) is 5.65. The molecule has 0 fully saturated rings. The highest BCUT2D eigenvalue weighted by Crippen LogP contribution is 2.25. The van der Waals surface area contributed by atoms with Gasteiger partial charge < -0.3 is 5.32 Å². The lowest BCUT2D eigenvalue weighted by molar-refractivity contribution is 0.102. The first-order valence-electron chi connectivity index (χ1n) is 4.80. The molecule has 4 nitrogen and oxygen atoms in total. The van der Waals surface area contributed by atoms with Crippen LogP contribution in [0, 0.1) is 0 Å². The summed E-state index contributed by atoms with van der Waals surface area (Å²) in [6.07, 6.45) is 2.68. The molecule has 92 valence electrons. The summed E-state index contributed by atoms with van der Waals surface area (Å²) in [7, 11) is 0. The van der Waals surface area contributed by atoms with Gasteiger partial charge in [0.15, 0.2) is 0 Å². The molecule has 2 aromatic rings. The number of nitrogens with one attached hydrogen (secondary N) is 1. The van der Waals surface area contributed by atoms with Crippen LogP contribution in [0.5, 0.6) is 0 Å². The van der Waals surface area contributed by atoms with Gasteiger partial charge in [-0.1, -0.05) is 39.1 Å². The number of nitrogens with zero attached hydrogens (tertiary/aromatic N) is 2. The molecule has 2 rings (SSSR count). The first kappa shape index (κ1) is 13.3. The number of amides is 1. The number of hydrogen-bond donors (Lipinski definition) is 1. The minimum atomic E-state index is -0.422. The molecule has 0 aliphatic heterocycles. The van der Waals surface area contributed by atoms with E-state index >= 15 is 0 Å². The van der Waals surface area contributed by atoms with Crippen molar-refractivity contribution >= 4 is 50.7 Å². The van der Waals surface area contributed by atoms with Gasteiger partial charge in [0.2, 0.25) is 0 Å². The molecule has 0 unspecified atom stereocenters. The van der Waals surface area contributed by atoms with Crippen molar-refractivity contribution in [2.45, 2.75) is 0 Å². The summed E-state index contributed by atoms with van der Waals surface area (Å²) in [5.74, 6) is -0.422. The molecule has 0 aliphatic rings. The van der Waals surface area contributed by atoms with E-state index in [0.717, 1.165) is 4.47 Å². The molecule has 1 heterocycles. The fraction of sp³-hybridized carbons (Fsp3) is 0. The molecular weight excluding hydrogens is 341 g/mol. The third-order valence-corrected chi connectivity index (χ3v) is 3.01. The lowest BCUT2D eigenvalue weighted by atomic mass is 10.3. The Kier molecular flexibility index (Phi) is 4.16. The van der Waals surface area contributed by atoms with Crippen LogP contribution >= 0.6 is 39.1 Å². The van der Waals surface area contributed by atoms with Crippen molar-refractivity contribution in [3.8, 4) is 0 Å². The quantitative estimate of drug-likeness (QED) is 0.899. The van der Waals surface area contributed by atoms with Crippen molar-refractivity contribution in [1.82, 2.24) is 9.97 Å². The van der Waals surface area contributed by atoms with Gasteiger partial charge in [0.05, 0.1) is 23.1 Å². The molecule has 0 saturated carbocycles. The number of halogens is 3. The van der Waals surface area contributed by atoms with Gasteiger partial charge in [0.25, 0.3) is 5.91 Å². The zero-order chi connectivity index (χ0) is 13.1. The molecule has 0 aliphatic carbocycles. The topological polar surface area (TPSA) is 54.9 Å². The van der Waals surface area contributed by atoms with Gasteiger partial charge in [-0.2, -0.15) is 0 Å². The van der Waals surface area contributed by atoms with Gasteiger partial charge in [0, 0.05) is 4.47 Å². The largest absolute Gasteiger partial charge is 0.319 e. The van der Waals surface area contributed by atoms with E-state index in [1.54, 1.807) is 18.2 Å². The Labute approximate surface area is 121 Å². The Hall–Kier alpha value is -1.17. The van der Waals surface area contributed by atoms with E-state index in [2.05, 4.69) is 31.2 Å². The van der Waals surface area contributed by atoms with Gasteiger partial charge in [-0.25, -0.2) is 4.98 Å². The van der Waals surface area contributed by atoms with Crippen LogP contribution in [0.3, 0.4) is 0 Å². The van der Waals surface area contributed by atoms with Gasteiger partial charge in [-0.3, -0.25) is 9.78 Å². The van der Waals surface area contributed by atoms with Gasteiger partial charge >= 0.3 is 0 Å². The fourth-order valence-corrected chi connectivity index (χ4v) is 2.10. The van der Waals surface area contributed by atoms with Crippen molar-refractivity contribution in [2.24, 2.45) is 0 Å². The lowest BCUT2D eigenvalue weighted by Gasteiger charge is -2.06. The summed E-state index contributed by atoms with van der Waals surface area (Å²) in [5.41, 5.74) is 0.619. The molecule has 0 saturated heterocycles. The average molecular weight is 347 g/mol. The van der Waals surface area contributed by atoms with E-state index in [-0.39, 0.29) is 10.8 Å². The maximum absolute atomic E-state index is 11.9. The Morgan fingerprint density at radius 2 is 2.06 bits per heavy atom. The van der Waals surface area contributed by atoms with Crippen LogP contribution in [-0.4, -0.2) is 15.9 Å². The Bertz CT molecular complexity index is 607. The number of anilines is 1. The molecule has 1 aromatic carbocycles. The van der Waals surface area contributed by atoms with Crippen LogP contribution in [0.2, 0.25) is 10.2 Å². The van der Waals surface area contributed by atoms with E-state index in [1.165, 1.54) is 12.4 Å². The van der Waals surface area contributed by atoms with Gasteiger partial charge in [-0.15, -0.1) is 0 Å². The number of carbonyl (C=O) groups excluding carboxylic acids is 1. The summed E-state index contributed by atoms with van der Waals surface area (Å²) in [6, 6.07) is 5.13. The Balaban J connectivity index is 2.21. The first-order chi connectivity index (χ1) is 8.56. The molecule has 1 N–H and O–H groups in total. The SMILES string of the molecule is O=C(Nc1ccc(Br)cc1Cl)c1cncc(Cl)n1. The van der Waals surface area contributed by atoms with Crippen LogP contribution < -0.4 is 5.32 Å². The predicted molar refractivity (Wildman–Crippen MR) is 74.1 cm³/mol. The van der Waals surface area contributed by atoms with Crippen LogP contribution in [0.4, 0.5) is 5.69 Å². The Morgan fingerprint density at radius 1 is 1.28 bits per heavy atom. The molecule has 0 atom stereocenters. The monoisotopic (exact) mass is 345 g/mol. The zero-order valence-corrected chi connectivity index (χ0v) is 11.9. The number of benzene rings is 1. The highest BCUT2D eigenvalue weighted by Gasteiger charge is 2.10. The maximum Gasteiger partial charge on any atom is 0.275 e. The molecule has 0 bridgehead atoms. The smallest absolute Gasteiger partial charge is 0.275 e. The van der Waals surface area contributed by atoms with E-state index < -0.39 is 5.91 Å². The number of aromatic nitrogens is 2. The number of hydrogen-bond acceptors (Lipinski definition) is 3. The average Bonchev–Trinajstić information content (AvgIpc) is 2.32. The normalized spacial score (nSPS) is 10.2. The second-order valence-electron chi connectivity index (χ2n) is 3.31. The molecular formula is C11H6BrCl2N3O. The summed E-state index contributed by atoms with van der Waals surface area (Å²) < 4.78 is 0.827. The van der Waals surface area contributed by atoms with Crippen LogP contribution in [0.25, 0.3) is 0 Å². The summed E-state index contributed by atoms with van der Waals surface area (Å²) in [6.45, 7) is 0. The third kappa shape index (κ3) is 3.19. The summed E-state index contributed by atoms with van der Waals surface area (Å²) >= 11 is 14.9. The van der Waals surface area contributed by atoms with Crippen molar-refractivity contribution in [2.75, 3.05) is 5.32 Å². The first-order valence-corrected chi connectivity index (χ1v) is 6.35. The second-order valence-corrected chi connectivity index (χ2v) is 5.02. The van der Waals surface area contributed by atoms with Crippen LogP contribution in [-0.2, 0) is 0 Å². The van der Waals surface area contributed by atoms with Crippen LogP contribution in [0.15, 0.2) is 35.1 Å². The van der Waals surface area contributed by atoms with E-state index in [0.29, 0.717) is 10.7 Å². The predicted octanol–water partition coefficient (Wildman–Crippen LogP) is 3.80. The van der Waals surface area contributed by atoms with Crippen molar-refractivity contribution in [1.29, 1.82) is 0 Å². The van der Waals surface area contributed by atoms with Crippen molar-refractivity contribution < 1.29 is 4.79 Å². The zero-order valence-electron chi connectivity index (χ0n) is 8.82. The fourth-order valence-electron chi connectivity index (χ4n) is 1.23. The highest BCUT2D eigenvalue weighted by molar-refractivity contribution is 9.10. The molecule has 0 spiro atoms. The molecule has 18 heavy (non-hydrogen) atoms. The standard InChI is InChI=1S/C11H6BrCl2N3O/c12-6-1-2-8(7(13)3-6)17-11(18)9-4-15-5-10(14)16-9/h1-5H,(H,17,18). The number of carbonyl (C=O) groups is 1. The molecule has 1 amide bonds. The lowest BCUT2D eigenvalue weighted by Crippen LogP contribution is -2.14. The third-order valence-electron chi connectivity index (χ3n) is 2.02. The molecule has 7 heteroatoms. The Morgan fingerprint density at radius 3 is 2.72 bits per heavy atom. The highest BCUT2D eigenvalue weighted by atomic mass is 79.9. The molecule has 0 radical (unpaired) electrons. The molecule has 1 aromatic heterocycles. The minimum absolute atomic E-state index is 0.126. The van der Waals surface area contributed by atoms with E-state index in [4.69, 9.17) is 23.2 Å². The summed E-state index contributed by atoms with van der Waals surface area (Å²) in [4.78, 5) is 19.5. The maximum atomic E-state index is 11.9. The van der Waals surface area contributed by atoms with E-state index in [1.807, 2.05) is 0 Å². The van der Waals surface area contributed by atoms with Gasteiger partial charge in [-0.05, 0) is 18.2 Å².